The van der Waals surface area contributed by atoms with Gasteiger partial charge in [-0.25, -0.2) is 14.8 Å². The number of carbonyl (C=O) groups is 3. The maximum atomic E-state index is 14.3. The number of imidazole rings is 2. The topological polar surface area (TPSA) is 149 Å². The lowest BCUT2D eigenvalue weighted by Gasteiger charge is -2.37. The lowest BCUT2D eigenvalue weighted by atomic mass is 10.0. The van der Waals surface area contributed by atoms with Gasteiger partial charge in [0.2, 0.25) is 5.91 Å². The second-order valence-corrected chi connectivity index (χ2v) is 16.1. The predicted octanol–water partition coefficient (Wildman–Crippen LogP) is 7.36. The first-order valence-corrected chi connectivity index (χ1v) is 21.6. The van der Waals surface area contributed by atoms with Crippen LogP contribution in [-0.2, 0) is 19.1 Å². The van der Waals surface area contributed by atoms with Crippen LogP contribution in [0.5, 0.6) is 0 Å². The van der Waals surface area contributed by atoms with E-state index in [4.69, 9.17) is 19.4 Å². The van der Waals surface area contributed by atoms with E-state index in [2.05, 4.69) is 32.0 Å². The van der Waals surface area contributed by atoms with Crippen LogP contribution in [0.25, 0.3) is 22.5 Å². The molecule has 63 heavy (non-hydrogen) atoms. The second-order valence-electron chi connectivity index (χ2n) is 16.1. The molecule has 4 unspecified atom stereocenters. The molecular weight excluding hydrogens is 793 g/mol. The summed E-state index contributed by atoms with van der Waals surface area (Å²) in [6.45, 7) is 3.95. The predicted molar refractivity (Wildman–Crippen MR) is 238 cm³/mol. The quantitative estimate of drug-likeness (QED) is 0.121. The van der Waals surface area contributed by atoms with Crippen LogP contribution in [0.4, 0.5) is 4.79 Å². The van der Waals surface area contributed by atoms with Crippen LogP contribution in [-0.4, -0.2) is 99.0 Å². The standard InChI is InChI=1S/C50H50N8O5/c1-62-50(61)55-44(38-10-4-2-5-11-38)48(59)57-26-8-14-42(57)46-51-32-40(53-46)36-22-18-34(19-23-36)16-17-35-20-24-37(25-21-35)41-33-52-47(54-41)43-15-9-27-58(43)49(60)45(39-12-6-3-7-13-39)56-28-30-63-31-29-56/h2-7,10-13,18-25,32-33,42-45H,8-9,14-15,26-31H2,1H3,(H,51,53)(H,52,54)(H,55,61). The van der Waals surface area contributed by atoms with Crippen molar-refractivity contribution in [2.75, 3.05) is 46.5 Å². The smallest absolute Gasteiger partial charge is 0.407 e. The number of alkyl carbamates (subject to hydrolysis) is 1. The van der Waals surface area contributed by atoms with Gasteiger partial charge in [0.1, 0.15) is 23.7 Å². The van der Waals surface area contributed by atoms with Crippen LogP contribution in [0.3, 0.4) is 0 Å². The number of ether oxygens (including phenoxy) is 2. The lowest BCUT2D eigenvalue weighted by Crippen LogP contribution is -2.47. The molecule has 4 aromatic carbocycles. The first kappa shape index (κ1) is 41.3. The second kappa shape index (κ2) is 18.9. The largest absolute Gasteiger partial charge is 0.453 e. The van der Waals surface area contributed by atoms with Crippen molar-refractivity contribution in [2.24, 2.45) is 0 Å². The van der Waals surface area contributed by atoms with Crippen molar-refractivity contribution in [1.29, 1.82) is 0 Å². The molecule has 3 aliphatic rings. The Hall–Kier alpha value is -7.01. The molecule has 13 nitrogen and oxygen atoms in total. The number of rotatable bonds is 10. The van der Waals surface area contributed by atoms with Gasteiger partial charge in [0.05, 0.1) is 56.2 Å². The summed E-state index contributed by atoms with van der Waals surface area (Å²) in [6.07, 6.45) is 6.34. The van der Waals surface area contributed by atoms with Crippen LogP contribution in [0.2, 0.25) is 0 Å². The van der Waals surface area contributed by atoms with Crippen LogP contribution < -0.4 is 5.32 Å². The minimum atomic E-state index is -0.877. The Balaban J connectivity index is 0.835. The first-order chi connectivity index (χ1) is 30.9. The summed E-state index contributed by atoms with van der Waals surface area (Å²) >= 11 is 0. The Labute approximate surface area is 366 Å². The van der Waals surface area contributed by atoms with E-state index in [-0.39, 0.29) is 29.9 Å². The fraction of sp³-hybridized carbons (Fsp3) is 0.300. The summed E-state index contributed by atoms with van der Waals surface area (Å²) in [5.74, 6) is 7.98. The molecule has 0 aliphatic carbocycles. The molecule has 9 rings (SSSR count). The number of hydrogen-bond acceptors (Lipinski definition) is 8. The number of aromatic amines is 2. The highest BCUT2D eigenvalue weighted by Crippen LogP contribution is 2.37. The Morgan fingerprint density at radius 2 is 1.16 bits per heavy atom. The van der Waals surface area contributed by atoms with Crippen molar-refractivity contribution in [3.8, 4) is 34.4 Å². The van der Waals surface area contributed by atoms with Gasteiger partial charge in [-0.2, -0.15) is 0 Å². The molecule has 4 atom stereocenters. The number of methoxy groups -OCH3 is 1. The molecular formula is C50H50N8O5. The minimum absolute atomic E-state index is 0.114. The zero-order valence-corrected chi connectivity index (χ0v) is 35.2. The van der Waals surface area contributed by atoms with Crippen molar-refractivity contribution in [3.63, 3.8) is 0 Å². The molecule has 0 spiro atoms. The zero-order valence-electron chi connectivity index (χ0n) is 35.2. The van der Waals surface area contributed by atoms with E-state index < -0.39 is 12.1 Å². The van der Waals surface area contributed by atoms with Gasteiger partial charge < -0.3 is 34.6 Å². The number of morpholine rings is 1. The Bertz CT molecular complexity index is 2580. The summed E-state index contributed by atoms with van der Waals surface area (Å²) in [4.78, 5) is 62.9. The molecule has 13 heteroatoms. The number of amides is 3. The number of H-pyrrole nitrogens is 2. The normalized spacial score (nSPS) is 18.6. The molecule has 3 N–H and O–H groups in total. The average Bonchev–Trinajstić information content (AvgIpc) is 4.19. The van der Waals surface area contributed by atoms with Crippen LogP contribution >= 0.6 is 0 Å². The minimum Gasteiger partial charge on any atom is -0.453 e. The van der Waals surface area contributed by atoms with Gasteiger partial charge >= 0.3 is 6.09 Å². The summed E-state index contributed by atoms with van der Waals surface area (Å²) in [6, 6.07) is 33.7. The summed E-state index contributed by atoms with van der Waals surface area (Å²) < 4.78 is 10.4. The van der Waals surface area contributed by atoms with E-state index in [9.17, 15) is 14.4 Å². The highest BCUT2D eigenvalue weighted by Gasteiger charge is 2.40. The number of nitrogens with zero attached hydrogens (tertiary/aromatic N) is 5. The SMILES string of the molecule is COC(=O)NC(C(=O)N1CCCC1c1ncc(-c2ccc(C#Cc3ccc(-c4cnc(C5CCCN5C(=O)C(c5ccccc5)N5CCOCC5)[nH]4)cc3)cc2)[nH]1)c1ccccc1. The van der Waals surface area contributed by atoms with Gasteiger partial charge in [0, 0.05) is 37.3 Å². The Kier molecular flexibility index (Phi) is 12.4. The molecule has 3 fully saturated rings. The van der Waals surface area contributed by atoms with Crippen molar-refractivity contribution in [2.45, 2.75) is 49.9 Å². The maximum absolute atomic E-state index is 14.3. The van der Waals surface area contributed by atoms with Crippen LogP contribution in [0, 0.1) is 11.8 Å². The fourth-order valence-electron chi connectivity index (χ4n) is 8.96. The first-order valence-electron chi connectivity index (χ1n) is 21.6. The van der Waals surface area contributed by atoms with E-state index in [1.807, 2.05) is 120 Å². The van der Waals surface area contributed by atoms with Gasteiger partial charge in [-0.15, -0.1) is 0 Å². The number of nitrogens with one attached hydrogen (secondary N) is 3. The summed E-state index contributed by atoms with van der Waals surface area (Å²) in [7, 11) is 1.28. The molecule has 3 amide bonds. The van der Waals surface area contributed by atoms with Gasteiger partial charge in [-0.3, -0.25) is 14.5 Å². The van der Waals surface area contributed by atoms with E-state index in [0.29, 0.717) is 37.7 Å². The molecule has 0 saturated carbocycles. The zero-order chi connectivity index (χ0) is 43.1. The van der Waals surface area contributed by atoms with E-state index in [0.717, 1.165) is 83.8 Å². The third-order valence-electron chi connectivity index (χ3n) is 12.2. The maximum Gasteiger partial charge on any atom is 0.407 e. The average molecular weight is 843 g/mol. The van der Waals surface area contributed by atoms with Gasteiger partial charge in [0.15, 0.2) is 0 Å². The van der Waals surface area contributed by atoms with Gasteiger partial charge in [-0.1, -0.05) is 96.8 Å². The van der Waals surface area contributed by atoms with Crippen molar-refractivity contribution in [1.82, 2.24) is 40.0 Å². The monoisotopic (exact) mass is 842 g/mol. The Morgan fingerprint density at radius 1 is 0.667 bits per heavy atom. The molecule has 2 aromatic heterocycles. The number of benzene rings is 4. The van der Waals surface area contributed by atoms with Crippen molar-refractivity contribution >= 4 is 17.9 Å². The fourth-order valence-corrected chi connectivity index (χ4v) is 8.96. The number of aromatic nitrogens is 4. The summed E-state index contributed by atoms with van der Waals surface area (Å²) in [5.41, 5.74) is 7.13. The van der Waals surface area contributed by atoms with Crippen LogP contribution in [0.15, 0.2) is 122 Å². The van der Waals surface area contributed by atoms with Crippen molar-refractivity contribution in [3.05, 3.63) is 155 Å². The molecule has 5 heterocycles. The lowest BCUT2D eigenvalue weighted by molar-refractivity contribution is -0.140. The van der Waals surface area contributed by atoms with E-state index >= 15 is 0 Å². The molecule has 3 saturated heterocycles. The molecule has 0 radical (unpaired) electrons. The highest BCUT2D eigenvalue weighted by atomic mass is 16.5. The number of likely N-dealkylation sites (tertiary alicyclic amines) is 2. The number of carbonyl (C=O) groups excluding carboxylic acids is 3. The van der Waals surface area contributed by atoms with Gasteiger partial charge in [-0.05, 0) is 72.2 Å². The Morgan fingerprint density at radius 3 is 1.67 bits per heavy atom. The highest BCUT2D eigenvalue weighted by molar-refractivity contribution is 5.87. The number of hydrogen-bond donors (Lipinski definition) is 3. The van der Waals surface area contributed by atoms with E-state index in [1.54, 1.807) is 11.1 Å². The van der Waals surface area contributed by atoms with Crippen LogP contribution in [0.1, 0.15) is 83.8 Å². The molecule has 0 bridgehead atoms. The molecule has 3 aliphatic heterocycles. The molecule has 320 valence electrons. The van der Waals surface area contributed by atoms with E-state index in [1.165, 1.54) is 7.11 Å². The summed E-state index contributed by atoms with van der Waals surface area (Å²) in [5, 5.41) is 2.71. The molecule has 6 aromatic rings. The van der Waals surface area contributed by atoms with Crippen molar-refractivity contribution < 1.29 is 23.9 Å². The third kappa shape index (κ3) is 9.14. The van der Waals surface area contributed by atoms with Gasteiger partial charge in [0.25, 0.3) is 5.91 Å². The third-order valence-corrected chi connectivity index (χ3v) is 12.2.